The molecule has 0 saturated heterocycles. The fourth-order valence-electron chi connectivity index (χ4n) is 1.98. The van der Waals surface area contributed by atoms with Crippen LogP contribution in [0.15, 0.2) is 28.4 Å². The highest BCUT2D eigenvalue weighted by Gasteiger charge is 2.27. The van der Waals surface area contributed by atoms with Crippen LogP contribution in [0.25, 0.3) is 0 Å². The van der Waals surface area contributed by atoms with Crippen molar-refractivity contribution in [1.29, 1.82) is 0 Å². The Balaban J connectivity index is 2.39. The summed E-state index contributed by atoms with van der Waals surface area (Å²) in [4.78, 5) is 0. The van der Waals surface area contributed by atoms with Gasteiger partial charge in [-0.05, 0) is 17.1 Å². The minimum atomic E-state index is 0.419. The average molecular weight is 176 g/mol. The maximum atomic E-state index is 4.14. The molecule has 2 nitrogen and oxygen atoms in total. The van der Waals surface area contributed by atoms with E-state index in [-0.39, 0.29) is 0 Å². The molecule has 0 fully saturated rings. The minimum Gasteiger partial charge on any atom is -0.302 e. The lowest BCUT2D eigenvalue weighted by Gasteiger charge is -2.25. The van der Waals surface area contributed by atoms with E-state index in [0.29, 0.717) is 17.9 Å². The molecule has 2 atom stereocenters. The van der Waals surface area contributed by atoms with E-state index in [1.165, 1.54) is 11.1 Å². The van der Waals surface area contributed by atoms with Crippen molar-refractivity contribution in [3.63, 3.8) is 0 Å². The van der Waals surface area contributed by atoms with E-state index in [9.17, 15) is 0 Å². The summed E-state index contributed by atoms with van der Waals surface area (Å²) in [6, 6.07) is 0.419. The zero-order valence-electron chi connectivity index (χ0n) is 8.41. The quantitative estimate of drug-likeness (QED) is 0.650. The van der Waals surface area contributed by atoms with Crippen molar-refractivity contribution in [3.8, 4) is 0 Å². The molecule has 1 aliphatic heterocycles. The molecule has 0 spiro atoms. The Bertz CT molecular complexity index is 297. The van der Waals surface area contributed by atoms with E-state index in [1.54, 1.807) is 0 Å². The first-order chi connectivity index (χ1) is 6.20. The second-order valence-electron chi connectivity index (χ2n) is 4.15. The van der Waals surface area contributed by atoms with Crippen LogP contribution in [0.5, 0.6) is 0 Å². The van der Waals surface area contributed by atoms with E-state index < -0.39 is 0 Å². The number of allylic oxidation sites excluding steroid dienone is 2. The average Bonchev–Trinajstić information content (AvgIpc) is 2.53. The third-order valence-electron chi connectivity index (χ3n) is 2.81. The molecule has 0 aromatic rings. The third-order valence-corrected chi connectivity index (χ3v) is 2.81. The molecule has 2 unspecified atom stereocenters. The van der Waals surface area contributed by atoms with E-state index in [4.69, 9.17) is 0 Å². The lowest BCUT2D eigenvalue weighted by Crippen LogP contribution is -2.31. The molecule has 0 bridgehead atoms. The number of hydrazone groups is 1. The van der Waals surface area contributed by atoms with E-state index in [0.717, 1.165) is 0 Å². The molecule has 13 heavy (non-hydrogen) atoms. The maximum absolute atomic E-state index is 4.14. The monoisotopic (exact) mass is 176 g/mol. The Hall–Kier alpha value is -1.05. The van der Waals surface area contributed by atoms with Crippen LogP contribution in [-0.4, -0.2) is 12.3 Å². The molecule has 70 valence electrons. The van der Waals surface area contributed by atoms with Gasteiger partial charge in [0.2, 0.25) is 0 Å². The van der Waals surface area contributed by atoms with Gasteiger partial charge in [0.15, 0.2) is 0 Å². The van der Waals surface area contributed by atoms with Gasteiger partial charge in [0.25, 0.3) is 0 Å². The zero-order chi connectivity index (χ0) is 9.42. The van der Waals surface area contributed by atoms with E-state index in [2.05, 4.69) is 43.5 Å². The van der Waals surface area contributed by atoms with Crippen LogP contribution in [-0.2, 0) is 0 Å². The summed E-state index contributed by atoms with van der Waals surface area (Å²) in [7, 11) is 0. The molecule has 0 radical (unpaired) electrons. The standard InChI is InChI=1S/C11H16N2/c1-7(2)9-5-4-8(3)11-10(9)6-12-13-11/h4-8,11,13H,1-3H3. The Morgan fingerprint density at radius 2 is 2.23 bits per heavy atom. The zero-order valence-corrected chi connectivity index (χ0v) is 8.41. The Morgan fingerprint density at radius 1 is 1.46 bits per heavy atom. The molecule has 1 heterocycles. The molecule has 2 rings (SSSR count). The van der Waals surface area contributed by atoms with Gasteiger partial charge in [0.05, 0.1) is 12.3 Å². The lowest BCUT2D eigenvalue weighted by atomic mass is 9.83. The number of hydrogen-bond acceptors (Lipinski definition) is 2. The summed E-state index contributed by atoms with van der Waals surface area (Å²) >= 11 is 0. The van der Waals surface area contributed by atoms with Crippen molar-refractivity contribution in [2.45, 2.75) is 26.8 Å². The van der Waals surface area contributed by atoms with Gasteiger partial charge in [-0.3, -0.25) is 0 Å². The van der Waals surface area contributed by atoms with Gasteiger partial charge in [-0.1, -0.05) is 32.9 Å². The SMILES string of the molecule is CC(C)C1=C2C=NNC2C(C)C=C1. The number of fused-ring (bicyclic) bond motifs is 1. The van der Waals surface area contributed by atoms with Crippen LogP contribution in [0.3, 0.4) is 0 Å². The van der Waals surface area contributed by atoms with Gasteiger partial charge in [-0.2, -0.15) is 5.10 Å². The largest absolute Gasteiger partial charge is 0.302 e. The first kappa shape index (κ1) is 8.54. The van der Waals surface area contributed by atoms with Gasteiger partial charge in [-0.25, -0.2) is 0 Å². The normalized spacial score (nSPS) is 31.1. The van der Waals surface area contributed by atoms with Crippen LogP contribution in [0.1, 0.15) is 20.8 Å². The van der Waals surface area contributed by atoms with E-state index in [1.807, 2.05) is 6.21 Å². The predicted molar refractivity (Wildman–Crippen MR) is 55.6 cm³/mol. The minimum absolute atomic E-state index is 0.419. The Morgan fingerprint density at radius 3 is 2.92 bits per heavy atom. The van der Waals surface area contributed by atoms with Crippen molar-refractivity contribution in [3.05, 3.63) is 23.3 Å². The molecule has 1 N–H and O–H groups in total. The summed E-state index contributed by atoms with van der Waals surface area (Å²) in [5.41, 5.74) is 5.96. The molecule has 2 aliphatic rings. The first-order valence-electron chi connectivity index (χ1n) is 4.91. The van der Waals surface area contributed by atoms with Crippen molar-refractivity contribution in [2.75, 3.05) is 0 Å². The molecule has 2 heteroatoms. The Labute approximate surface area is 79.4 Å². The topological polar surface area (TPSA) is 24.4 Å². The maximum Gasteiger partial charge on any atom is 0.0767 e. The van der Waals surface area contributed by atoms with Gasteiger partial charge in [-0.15, -0.1) is 0 Å². The molecule has 1 aliphatic carbocycles. The van der Waals surface area contributed by atoms with Crippen LogP contribution in [0, 0.1) is 11.8 Å². The van der Waals surface area contributed by atoms with Crippen LogP contribution in [0.4, 0.5) is 0 Å². The van der Waals surface area contributed by atoms with Crippen molar-refractivity contribution >= 4 is 6.21 Å². The number of hydrogen-bond donors (Lipinski definition) is 1. The molecule has 0 aromatic carbocycles. The van der Waals surface area contributed by atoms with Crippen LogP contribution in [0.2, 0.25) is 0 Å². The number of nitrogens with zero attached hydrogens (tertiary/aromatic N) is 1. The van der Waals surface area contributed by atoms with Gasteiger partial charge in [0.1, 0.15) is 0 Å². The van der Waals surface area contributed by atoms with Gasteiger partial charge < -0.3 is 5.43 Å². The van der Waals surface area contributed by atoms with Crippen molar-refractivity contribution < 1.29 is 0 Å². The van der Waals surface area contributed by atoms with Crippen molar-refractivity contribution in [2.24, 2.45) is 16.9 Å². The van der Waals surface area contributed by atoms with E-state index >= 15 is 0 Å². The highest BCUT2D eigenvalue weighted by Crippen LogP contribution is 2.29. The molecular weight excluding hydrogens is 160 g/mol. The summed E-state index contributed by atoms with van der Waals surface area (Å²) in [5.74, 6) is 1.15. The summed E-state index contributed by atoms with van der Waals surface area (Å²) in [6.07, 6.45) is 6.49. The second-order valence-corrected chi connectivity index (χ2v) is 4.15. The van der Waals surface area contributed by atoms with Gasteiger partial charge in [0, 0.05) is 5.92 Å². The summed E-state index contributed by atoms with van der Waals surface area (Å²) in [6.45, 7) is 6.68. The van der Waals surface area contributed by atoms with Crippen LogP contribution < -0.4 is 5.43 Å². The van der Waals surface area contributed by atoms with Crippen LogP contribution >= 0.6 is 0 Å². The van der Waals surface area contributed by atoms with Crippen molar-refractivity contribution in [1.82, 2.24) is 5.43 Å². The molecule has 0 aromatic heterocycles. The number of rotatable bonds is 1. The number of nitrogens with one attached hydrogen (secondary N) is 1. The Kier molecular flexibility index (Phi) is 1.98. The highest BCUT2D eigenvalue weighted by atomic mass is 15.3. The first-order valence-corrected chi connectivity index (χ1v) is 4.91. The second kappa shape index (κ2) is 3.02. The fraction of sp³-hybridized carbons (Fsp3) is 0.545. The summed E-state index contributed by atoms with van der Waals surface area (Å²) < 4.78 is 0. The fourth-order valence-corrected chi connectivity index (χ4v) is 1.98. The summed E-state index contributed by atoms with van der Waals surface area (Å²) in [5, 5.41) is 4.14. The molecular formula is C11H16N2. The predicted octanol–water partition coefficient (Wildman–Crippen LogP) is 2.10. The third kappa shape index (κ3) is 1.30. The highest BCUT2D eigenvalue weighted by molar-refractivity contribution is 5.85. The molecule has 0 amide bonds. The molecule has 0 saturated carbocycles. The smallest absolute Gasteiger partial charge is 0.0767 e. The van der Waals surface area contributed by atoms with Gasteiger partial charge >= 0.3 is 0 Å². The lowest BCUT2D eigenvalue weighted by molar-refractivity contribution is 0.512.